The molecule has 196 valence electrons. The van der Waals surface area contributed by atoms with Gasteiger partial charge in [0.1, 0.15) is 6.04 Å². The second-order valence-corrected chi connectivity index (χ2v) is 13.2. The molecule has 1 N–H and O–H groups in total. The average molecular weight is 495 g/mol. The molecular formula is C31H44NO4+. The maximum Gasteiger partial charge on any atom is 0.231 e. The van der Waals surface area contributed by atoms with Crippen molar-refractivity contribution in [2.24, 2.45) is 5.92 Å². The predicted octanol–water partition coefficient (Wildman–Crippen LogP) is 6.12. The van der Waals surface area contributed by atoms with Crippen LogP contribution in [0.2, 0.25) is 0 Å². The summed E-state index contributed by atoms with van der Waals surface area (Å²) in [6.45, 7) is 15.2. The van der Waals surface area contributed by atoms with E-state index in [1.807, 2.05) is 0 Å². The first-order valence-corrected chi connectivity index (χ1v) is 13.4. The van der Waals surface area contributed by atoms with E-state index >= 15 is 0 Å². The number of nitrogens with zero attached hydrogens (tertiary/aromatic N) is 1. The van der Waals surface area contributed by atoms with Gasteiger partial charge in [-0.25, -0.2) is 0 Å². The number of aryl methyl sites for hydroxylation is 1. The van der Waals surface area contributed by atoms with Crippen LogP contribution >= 0.6 is 0 Å². The molecule has 0 bridgehead atoms. The maximum atomic E-state index is 11.8. The van der Waals surface area contributed by atoms with Gasteiger partial charge in [-0.1, -0.05) is 46.8 Å². The number of aliphatic hydroxyl groups excluding tert-OH is 1. The third-order valence-electron chi connectivity index (χ3n) is 9.77. The number of fused-ring (bicyclic) bond motifs is 3. The number of rotatable bonds is 4. The second-order valence-electron chi connectivity index (χ2n) is 13.2. The number of methoxy groups -OCH3 is 1. The van der Waals surface area contributed by atoms with Crippen LogP contribution in [0.15, 0.2) is 18.2 Å². The Morgan fingerprint density at radius 3 is 2.53 bits per heavy atom. The molecule has 2 heterocycles. The van der Waals surface area contributed by atoms with Gasteiger partial charge in [-0.2, -0.15) is 0 Å². The Morgan fingerprint density at radius 1 is 1.11 bits per heavy atom. The zero-order chi connectivity index (χ0) is 26.2. The van der Waals surface area contributed by atoms with Crippen LogP contribution < -0.4 is 14.2 Å². The van der Waals surface area contributed by atoms with Gasteiger partial charge in [0.15, 0.2) is 11.5 Å². The molecule has 3 atom stereocenters. The van der Waals surface area contributed by atoms with E-state index in [0.29, 0.717) is 18.1 Å². The van der Waals surface area contributed by atoms with E-state index in [9.17, 15) is 5.11 Å². The van der Waals surface area contributed by atoms with Crippen molar-refractivity contribution in [1.29, 1.82) is 0 Å². The quantitative estimate of drug-likeness (QED) is 0.520. The van der Waals surface area contributed by atoms with Gasteiger partial charge in [0.2, 0.25) is 12.5 Å². The summed E-state index contributed by atoms with van der Waals surface area (Å²) in [5.41, 5.74) is 7.67. The van der Waals surface area contributed by atoms with Crippen molar-refractivity contribution >= 4 is 0 Å². The maximum absolute atomic E-state index is 11.8. The van der Waals surface area contributed by atoms with E-state index in [1.54, 1.807) is 7.11 Å². The Bertz CT molecular complexity index is 1200. The minimum absolute atomic E-state index is 0.0769. The summed E-state index contributed by atoms with van der Waals surface area (Å²) < 4.78 is 18.2. The van der Waals surface area contributed by atoms with Crippen LogP contribution in [0.3, 0.4) is 0 Å². The van der Waals surface area contributed by atoms with Crippen LogP contribution in [0.1, 0.15) is 93.0 Å². The number of likely N-dealkylation sites (N-methyl/N-ethyl adjacent to an activating group) is 1. The smallest absolute Gasteiger partial charge is 0.231 e. The number of benzene rings is 2. The fourth-order valence-electron chi connectivity index (χ4n) is 7.08. The fraction of sp³-hybridized carbons (Fsp3) is 0.613. The van der Waals surface area contributed by atoms with Crippen molar-refractivity contribution < 1.29 is 23.8 Å². The van der Waals surface area contributed by atoms with Gasteiger partial charge < -0.3 is 23.8 Å². The Kier molecular flexibility index (Phi) is 5.92. The lowest BCUT2D eigenvalue weighted by Gasteiger charge is -2.47. The van der Waals surface area contributed by atoms with Crippen molar-refractivity contribution in [3.8, 4) is 17.2 Å². The molecular weight excluding hydrogens is 450 g/mol. The van der Waals surface area contributed by atoms with Crippen LogP contribution in [0.4, 0.5) is 0 Å². The molecule has 0 unspecified atom stereocenters. The first-order valence-electron chi connectivity index (χ1n) is 13.4. The Balaban J connectivity index is 1.57. The zero-order valence-electron chi connectivity index (χ0n) is 23.6. The Labute approximate surface area is 217 Å². The lowest BCUT2D eigenvalue weighted by Crippen LogP contribution is -2.48. The standard InChI is InChI=1S/C31H44NO4/c1-18-12-23-22(30(3,4)16-19(2)31(23,5)6)14-21(18)25(33)15-24-27-20(10-11-32(24,7)8)13-26-28(29(27)34-9)36-17-35-26/h12-14,19,24-25,33H,10-11,15-17H2,1-9H3/q+1/t19-,24-,25+/m1/s1. The molecule has 1 aliphatic carbocycles. The number of ether oxygens (including phenoxy) is 3. The number of aliphatic hydroxyl groups is 1. The molecule has 0 saturated heterocycles. The average Bonchev–Trinajstić information content (AvgIpc) is 3.26. The van der Waals surface area contributed by atoms with Crippen LogP contribution in [0.25, 0.3) is 0 Å². The van der Waals surface area contributed by atoms with E-state index in [0.717, 1.165) is 46.5 Å². The fourth-order valence-corrected chi connectivity index (χ4v) is 7.08. The summed E-state index contributed by atoms with van der Waals surface area (Å²) in [6.07, 6.45) is 2.14. The van der Waals surface area contributed by atoms with Gasteiger partial charge in [0, 0.05) is 12.8 Å². The van der Waals surface area contributed by atoms with Crippen LogP contribution in [0, 0.1) is 12.8 Å². The Hall–Kier alpha value is -2.24. The summed E-state index contributed by atoms with van der Waals surface area (Å²) in [4.78, 5) is 0. The topological polar surface area (TPSA) is 47.9 Å². The molecule has 5 nitrogen and oxygen atoms in total. The highest BCUT2D eigenvalue weighted by Gasteiger charge is 2.44. The van der Waals surface area contributed by atoms with E-state index in [2.05, 4.69) is 73.8 Å². The molecule has 2 aromatic rings. The van der Waals surface area contributed by atoms with Crippen molar-refractivity contribution in [3.63, 3.8) is 0 Å². The van der Waals surface area contributed by atoms with E-state index in [4.69, 9.17) is 14.2 Å². The molecule has 2 aliphatic heterocycles. The molecule has 0 spiro atoms. The molecule has 0 amide bonds. The Morgan fingerprint density at radius 2 is 1.83 bits per heavy atom. The van der Waals surface area contributed by atoms with Crippen molar-refractivity contribution in [1.82, 2.24) is 0 Å². The second kappa shape index (κ2) is 8.39. The number of quaternary nitrogens is 1. The minimum Gasteiger partial charge on any atom is -0.492 e. The lowest BCUT2D eigenvalue weighted by molar-refractivity contribution is -0.924. The number of hydrogen-bond acceptors (Lipinski definition) is 4. The normalized spacial score (nSPS) is 25.6. The third kappa shape index (κ3) is 3.81. The first kappa shape index (κ1) is 25.4. The molecule has 5 heteroatoms. The molecule has 0 fully saturated rings. The third-order valence-corrected chi connectivity index (χ3v) is 9.77. The largest absolute Gasteiger partial charge is 0.492 e. The predicted molar refractivity (Wildman–Crippen MR) is 143 cm³/mol. The first-order chi connectivity index (χ1) is 16.8. The van der Waals surface area contributed by atoms with Crippen molar-refractivity contribution in [2.45, 2.75) is 83.8 Å². The van der Waals surface area contributed by atoms with E-state index < -0.39 is 6.10 Å². The highest BCUT2D eigenvalue weighted by atomic mass is 16.7. The van der Waals surface area contributed by atoms with Gasteiger partial charge in [0.05, 0.1) is 39.4 Å². The van der Waals surface area contributed by atoms with Gasteiger partial charge in [-0.3, -0.25) is 0 Å². The summed E-state index contributed by atoms with van der Waals surface area (Å²) in [5.74, 6) is 2.83. The molecule has 0 aromatic heterocycles. The van der Waals surface area contributed by atoms with Crippen LogP contribution in [-0.4, -0.2) is 44.1 Å². The van der Waals surface area contributed by atoms with Crippen molar-refractivity contribution in [2.75, 3.05) is 34.5 Å². The zero-order valence-corrected chi connectivity index (χ0v) is 23.6. The van der Waals surface area contributed by atoms with Crippen LogP contribution in [0.5, 0.6) is 17.2 Å². The SMILES string of the molecule is COc1c2c(cc3c1[C@@H](C[C@H](O)c1cc4c(cc1C)C(C)(C)[C@H](C)CC4(C)C)[N+](C)(C)CC3)OCO2. The summed E-state index contributed by atoms with van der Waals surface area (Å²) in [6, 6.07) is 6.88. The molecule has 2 aromatic carbocycles. The molecule has 0 saturated carbocycles. The molecule has 3 aliphatic rings. The van der Waals surface area contributed by atoms with Gasteiger partial charge in [-0.05, 0) is 64.0 Å². The number of hydrogen-bond donors (Lipinski definition) is 1. The highest BCUT2D eigenvalue weighted by molar-refractivity contribution is 5.61. The van der Waals surface area contributed by atoms with E-state index in [1.165, 1.54) is 22.3 Å². The summed E-state index contributed by atoms with van der Waals surface area (Å²) in [5, 5.41) is 11.8. The summed E-state index contributed by atoms with van der Waals surface area (Å²) in [7, 11) is 6.23. The lowest BCUT2D eigenvalue weighted by atomic mass is 9.58. The van der Waals surface area contributed by atoms with E-state index in [-0.39, 0.29) is 23.7 Å². The monoisotopic (exact) mass is 494 g/mol. The van der Waals surface area contributed by atoms with Gasteiger partial charge in [0.25, 0.3) is 0 Å². The summed E-state index contributed by atoms with van der Waals surface area (Å²) >= 11 is 0. The van der Waals surface area contributed by atoms with Gasteiger partial charge >= 0.3 is 0 Å². The minimum atomic E-state index is -0.572. The molecule has 36 heavy (non-hydrogen) atoms. The highest BCUT2D eigenvalue weighted by Crippen LogP contribution is 2.53. The molecule has 5 rings (SSSR count). The van der Waals surface area contributed by atoms with Crippen LogP contribution in [-0.2, 0) is 17.3 Å². The van der Waals surface area contributed by atoms with Gasteiger partial charge in [-0.15, -0.1) is 0 Å². The molecule has 0 radical (unpaired) electrons. The van der Waals surface area contributed by atoms with Crippen molar-refractivity contribution in [3.05, 3.63) is 51.6 Å².